The molecule has 0 saturated heterocycles. The summed E-state index contributed by atoms with van der Waals surface area (Å²) >= 11 is 0. The Morgan fingerprint density at radius 2 is 0.778 bits per heavy atom. The van der Waals surface area contributed by atoms with Crippen molar-refractivity contribution in [2.45, 2.75) is 54.9 Å². The lowest BCUT2D eigenvalue weighted by Crippen LogP contribution is -2.39. The molecule has 6 aromatic carbocycles. The summed E-state index contributed by atoms with van der Waals surface area (Å²) < 4.78 is 18.9. The van der Waals surface area contributed by atoms with Crippen LogP contribution >= 0.6 is 0 Å². The van der Waals surface area contributed by atoms with Crippen molar-refractivity contribution >= 4 is 0 Å². The van der Waals surface area contributed by atoms with Crippen LogP contribution in [0.4, 0.5) is 0 Å². The third kappa shape index (κ3) is 6.46. The second-order valence-corrected chi connectivity index (χ2v) is 15.7. The second-order valence-electron chi connectivity index (χ2n) is 15.7. The fourth-order valence-electron chi connectivity index (χ4n) is 8.94. The van der Waals surface area contributed by atoms with Gasteiger partial charge in [-0.2, -0.15) is 0 Å². The van der Waals surface area contributed by atoms with E-state index in [4.69, 9.17) is 14.2 Å². The summed E-state index contributed by atoms with van der Waals surface area (Å²) in [5.74, 6) is -11.5. The molecular weight excluding hydrogens is 828 g/mol. The standard InChI is InChI=1S/C45H38O18/c46-18-10-27(54)33-32(11-18)61-42(16-2-5-21(48)25(52)8-16)39(59)37(33)35-29(56)14-30(57)36-38(40(60)43(63-45(35)36)17-3-6-22(49)26(53)9-17)34-28(55)13-23(50)19-12-31(58)41(62-44(19)34)15-1-4-20(47)24(51)7-15/h1-11,13-14,31,37-43,46-60H,12H2/t31-,37+,38+,39-,40-,41+,42+,43+/m0/s1. The Morgan fingerprint density at radius 1 is 0.365 bits per heavy atom. The minimum absolute atomic E-state index is 0.0127. The molecule has 18 heteroatoms. The number of aromatic hydroxyl groups is 12. The lowest BCUT2D eigenvalue weighted by molar-refractivity contribution is -0.00562. The summed E-state index contributed by atoms with van der Waals surface area (Å²) in [6.45, 7) is 0. The van der Waals surface area contributed by atoms with Crippen molar-refractivity contribution in [2.24, 2.45) is 0 Å². The molecule has 15 N–H and O–H groups in total. The van der Waals surface area contributed by atoms with E-state index in [1.165, 1.54) is 18.2 Å². The van der Waals surface area contributed by atoms with Crippen molar-refractivity contribution in [1.29, 1.82) is 0 Å². The van der Waals surface area contributed by atoms with Crippen LogP contribution in [0, 0.1) is 0 Å². The number of rotatable bonds is 5. The number of hydrogen-bond acceptors (Lipinski definition) is 18. The van der Waals surface area contributed by atoms with Gasteiger partial charge in [0.1, 0.15) is 70.1 Å². The Bertz CT molecular complexity index is 2840. The van der Waals surface area contributed by atoms with Gasteiger partial charge in [-0.25, -0.2) is 0 Å². The fraction of sp³-hybridized carbons (Fsp3) is 0.200. The van der Waals surface area contributed by atoms with Gasteiger partial charge in [-0.15, -0.1) is 0 Å². The van der Waals surface area contributed by atoms with Gasteiger partial charge in [0, 0.05) is 58.5 Å². The van der Waals surface area contributed by atoms with Crippen LogP contribution in [0.5, 0.6) is 86.2 Å². The van der Waals surface area contributed by atoms with Crippen molar-refractivity contribution in [3.05, 3.63) is 123 Å². The first-order valence-electron chi connectivity index (χ1n) is 19.3. The molecule has 0 amide bonds. The number of hydrogen-bond donors (Lipinski definition) is 15. The van der Waals surface area contributed by atoms with Crippen LogP contribution in [0.25, 0.3) is 0 Å². The lowest BCUT2D eigenvalue weighted by atomic mass is 9.73. The Hall–Kier alpha value is -7.80. The average molecular weight is 867 g/mol. The Balaban J connectivity index is 1.31. The molecule has 3 aliphatic heterocycles. The molecule has 6 aromatic rings. The molecular formula is C45H38O18. The van der Waals surface area contributed by atoms with Gasteiger partial charge in [0.05, 0.1) is 17.9 Å². The van der Waals surface area contributed by atoms with Crippen molar-refractivity contribution in [1.82, 2.24) is 0 Å². The summed E-state index contributed by atoms with van der Waals surface area (Å²) in [5, 5.41) is 166. The highest BCUT2D eigenvalue weighted by atomic mass is 16.5. The van der Waals surface area contributed by atoms with E-state index >= 15 is 0 Å². The number of benzene rings is 6. The molecule has 0 radical (unpaired) electrons. The second kappa shape index (κ2) is 14.7. The maximum absolute atomic E-state index is 12.5. The van der Waals surface area contributed by atoms with E-state index in [2.05, 4.69) is 0 Å². The molecule has 18 nitrogen and oxygen atoms in total. The molecule has 0 bridgehead atoms. The molecule has 0 fully saturated rings. The summed E-state index contributed by atoms with van der Waals surface area (Å²) in [5.41, 5.74) is -1.10. The number of ether oxygens (including phenoxy) is 3. The average Bonchev–Trinajstić information content (AvgIpc) is 3.22. The first-order chi connectivity index (χ1) is 29.9. The number of phenols is 12. The normalized spacial score (nSPS) is 23.6. The van der Waals surface area contributed by atoms with Gasteiger partial charge in [-0.3, -0.25) is 0 Å². The van der Waals surface area contributed by atoms with Crippen molar-refractivity contribution in [3.8, 4) is 86.2 Å². The van der Waals surface area contributed by atoms with E-state index in [0.717, 1.165) is 60.7 Å². The molecule has 0 saturated carbocycles. The summed E-state index contributed by atoms with van der Waals surface area (Å²) in [7, 11) is 0. The van der Waals surface area contributed by atoms with Gasteiger partial charge in [0.2, 0.25) is 0 Å². The summed E-state index contributed by atoms with van der Waals surface area (Å²) in [6, 6.07) is 14.4. The van der Waals surface area contributed by atoms with Crippen LogP contribution in [-0.2, 0) is 6.42 Å². The maximum atomic E-state index is 12.5. The monoisotopic (exact) mass is 866 g/mol. The smallest absolute Gasteiger partial charge is 0.157 e. The Labute approximate surface area is 354 Å². The third-order valence-electron chi connectivity index (χ3n) is 11.8. The molecule has 63 heavy (non-hydrogen) atoms. The number of aliphatic hydroxyl groups excluding tert-OH is 3. The van der Waals surface area contributed by atoms with Gasteiger partial charge in [0.25, 0.3) is 0 Å². The Morgan fingerprint density at radius 3 is 1.29 bits per heavy atom. The number of phenolic OH excluding ortho intramolecular Hbond substituents is 12. The molecule has 8 atom stereocenters. The van der Waals surface area contributed by atoms with Gasteiger partial charge < -0.3 is 90.8 Å². The van der Waals surface area contributed by atoms with Crippen molar-refractivity contribution in [2.75, 3.05) is 0 Å². The third-order valence-corrected chi connectivity index (χ3v) is 11.8. The SMILES string of the molecule is Oc1cc(O)c2c(c1)O[C@H](c1ccc(O)c(O)c1)[C@@H](O)[C@H]2c1c(O)cc(O)c2c1O[C@H](c1ccc(O)c(O)c1)[C@@H](O)[C@@H]2c1c(O)cc(O)c2c1O[C@H](c1ccc(O)c(O)c1)[C@@H](O)C2. The van der Waals surface area contributed by atoms with Gasteiger partial charge in [-0.1, -0.05) is 18.2 Å². The highest BCUT2D eigenvalue weighted by molar-refractivity contribution is 5.70. The van der Waals surface area contributed by atoms with Crippen molar-refractivity contribution in [3.63, 3.8) is 0 Å². The fourth-order valence-corrected chi connectivity index (χ4v) is 8.94. The number of aliphatic hydroxyl groups is 3. The van der Waals surface area contributed by atoms with Gasteiger partial charge in [-0.05, 0) is 53.1 Å². The first kappa shape index (κ1) is 40.6. The van der Waals surface area contributed by atoms with Crippen molar-refractivity contribution < 1.29 is 90.8 Å². The first-order valence-corrected chi connectivity index (χ1v) is 19.3. The lowest BCUT2D eigenvalue weighted by Gasteiger charge is -2.43. The van der Waals surface area contributed by atoms with Crippen LogP contribution in [0.1, 0.15) is 74.7 Å². The predicted molar refractivity (Wildman–Crippen MR) is 214 cm³/mol. The number of fused-ring (bicyclic) bond motifs is 3. The zero-order valence-electron chi connectivity index (χ0n) is 32.3. The summed E-state index contributed by atoms with van der Waals surface area (Å²) in [4.78, 5) is 0. The minimum atomic E-state index is -1.90. The molecule has 3 heterocycles. The minimum Gasteiger partial charge on any atom is -0.508 e. The van der Waals surface area contributed by atoms with Gasteiger partial charge in [0.15, 0.2) is 46.7 Å². The quantitative estimate of drug-likeness (QED) is 0.106. The Kier molecular flexibility index (Phi) is 9.46. The maximum Gasteiger partial charge on any atom is 0.157 e. The van der Waals surface area contributed by atoms with E-state index in [1.54, 1.807) is 0 Å². The molecule has 0 spiro atoms. The van der Waals surface area contributed by atoms with Gasteiger partial charge >= 0.3 is 0 Å². The van der Waals surface area contributed by atoms with E-state index < -0.39 is 123 Å². The van der Waals surface area contributed by atoms with E-state index in [1.807, 2.05) is 0 Å². The highest BCUT2D eigenvalue weighted by Gasteiger charge is 2.51. The largest absolute Gasteiger partial charge is 0.508 e. The topological polar surface area (TPSA) is 331 Å². The predicted octanol–water partition coefficient (Wildman–Crippen LogP) is 4.44. The zero-order valence-corrected chi connectivity index (χ0v) is 32.3. The van der Waals surface area contributed by atoms with Crippen LogP contribution in [0.2, 0.25) is 0 Å². The molecule has 326 valence electrons. The van der Waals surface area contributed by atoms with Crippen LogP contribution in [0.15, 0.2) is 78.9 Å². The van der Waals surface area contributed by atoms with Crippen LogP contribution < -0.4 is 14.2 Å². The molecule has 3 aliphatic rings. The summed E-state index contributed by atoms with van der Waals surface area (Å²) in [6.07, 6.45) is -9.93. The van der Waals surface area contributed by atoms with E-state index in [9.17, 15) is 76.6 Å². The molecule has 9 rings (SSSR count). The molecule has 0 aliphatic carbocycles. The van der Waals surface area contributed by atoms with Crippen LogP contribution in [0.3, 0.4) is 0 Å². The van der Waals surface area contributed by atoms with Crippen LogP contribution in [-0.4, -0.2) is 94.9 Å². The molecule has 0 unspecified atom stereocenters. The zero-order chi connectivity index (χ0) is 44.9. The highest BCUT2D eigenvalue weighted by Crippen LogP contribution is 2.62. The molecule has 0 aromatic heterocycles. The van der Waals surface area contributed by atoms with E-state index in [0.29, 0.717) is 0 Å². The van der Waals surface area contributed by atoms with E-state index in [-0.39, 0.29) is 62.4 Å².